The number of rotatable bonds is 22. The maximum absolute atomic E-state index is 13.3. The Hall–Kier alpha value is -6.39. The van der Waals surface area contributed by atoms with Crippen molar-refractivity contribution in [2.75, 3.05) is 43.8 Å². The number of pyridine rings is 1. The molecule has 1 aromatic carbocycles. The van der Waals surface area contributed by atoms with Crippen LogP contribution in [0, 0.1) is 11.8 Å². The molecule has 330 valence electrons. The molecule has 5 amide bonds. The first-order valence-corrected chi connectivity index (χ1v) is 21.3. The summed E-state index contributed by atoms with van der Waals surface area (Å²) in [5, 5.41) is 29.7. The lowest BCUT2D eigenvalue weighted by Gasteiger charge is -2.27. The van der Waals surface area contributed by atoms with Crippen LogP contribution in [-0.2, 0) is 20.9 Å². The SMILES string of the molecule is CCn1c(-c2nonc2N)nc2c(C#CC(C)(C)O)ncc(OCCCNCCCC(=O)NCCCCCCCCNc3cccc4c3C(=O)N(C3CCC(=O)NC3=O)C4=O)c21. The fourth-order valence-corrected chi connectivity index (χ4v) is 7.40. The molecule has 4 aromatic rings. The van der Waals surface area contributed by atoms with E-state index in [9.17, 15) is 29.1 Å². The Morgan fingerprint density at radius 2 is 1.77 bits per heavy atom. The molecule has 3 aromatic heterocycles. The standard InChI is InChI=1S/C43H55N11O8/c1-4-53-37-31(26-48-29(19-20-43(2,3)60)35(37)50-39(53)36-38(44)52-62-51-36)61-25-13-22-45-21-12-16-32(55)47-24-10-8-6-5-7-9-23-46-28-15-11-14-27-34(28)42(59)54(41(27)58)30-17-18-33(56)49-40(30)57/h11,14-15,26,30,45-46,60H,4-10,12-13,16-18,21-25H2,1-3H3,(H2,44,52)(H,47,55)(H,49,56,57). The van der Waals surface area contributed by atoms with E-state index in [2.05, 4.69) is 48.4 Å². The Labute approximate surface area is 359 Å². The van der Waals surface area contributed by atoms with Crippen molar-refractivity contribution in [3.63, 3.8) is 0 Å². The maximum atomic E-state index is 13.3. The predicted octanol–water partition coefficient (Wildman–Crippen LogP) is 3.31. The van der Waals surface area contributed by atoms with Crippen molar-refractivity contribution in [1.82, 2.24) is 45.7 Å². The van der Waals surface area contributed by atoms with Gasteiger partial charge in [-0.1, -0.05) is 37.7 Å². The zero-order valence-electron chi connectivity index (χ0n) is 35.5. The molecule has 0 spiro atoms. The first-order valence-electron chi connectivity index (χ1n) is 21.3. The molecule has 2 aliphatic rings. The number of aryl methyl sites for hydroxylation is 1. The molecule has 0 aliphatic carbocycles. The number of aromatic nitrogens is 5. The Morgan fingerprint density at radius 1 is 1.02 bits per heavy atom. The Balaban J connectivity index is 0.814. The fraction of sp³-hybridized carbons (Fsp3) is 0.512. The smallest absolute Gasteiger partial charge is 0.264 e. The molecule has 6 rings (SSSR count). The molecule has 7 N–H and O–H groups in total. The van der Waals surface area contributed by atoms with E-state index in [4.69, 9.17) is 20.1 Å². The first kappa shape index (κ1) is 45.1. The topological polar surface area (TPSA) is 262 Å². The Morgan fingerprint density at radius 3 is 2.50 bits per heavy atom. The number of nitrogens with one attached hydrogen (secondary N) is 4. The van der Waals surface area contributed by atoms with E-state index in [1.165, 1.54) is 0 Å². The van der Waals surface area contributed by atoms with Crippen molar-refractivity contribution in [1.29, 1.82) is 0 Å². The maximum Gasteiger partial charge on any atom is 0.264 e. The molecule has 2 aliphatic heterocycles. The minimum atomic E-state index is -1.22. The summed E-state index contributed by atoms with van der Waals surface area (Å²) in [6.45, 7) is 8.72. The molecule has 62 heavy (non-hydrogen) atoms. The summed E-state index contributed by atoms with van der Waals surface area (Å²) in [6.07, 6.45) is 9.52. The number of hydrogen-bond donors (Lipinski definition) is 6. The number of nitrogens with two attached hydrogens (primary N) is 1. The van der Waals surface area contributed by atoms with Gasteiger partial charge in [0, 0.05) is 38.2 Å². The number of nitrogen functional groups attached to an aromatic ring is 1. The van der Waals surface area contributed by atoms with Crippen molar-refractivity contribution in [2.45, 2.75) is 110 Å². The molecule has 1 saturated heterocycles. The Kier molecular flexibility index (Phi) is 15.2. The summed E-state index contributed by atoms with van der Waals surface area (Å²) in [7, 11) is 0. The molecule has 0 saturated carbocycles. The summed E-state index contributed by atoms with van der Waals surface area (Å²) in [4.78, 5) is 72.8. The fourth-order valence-electron chi connectivity index (χ4n) is 7.40. The highest BCUT2D eigenvalue weighted by Crippen LogP contribution is 2.34. The van der Waals surface area contributed by atoms with Crippen LogP contribution in [0.2, 0.25) is 0 Å². The molecule has 19 heteroatoms. The number of unbranched alkanes of at least 4 members (excludes halogenated alkanes) is 5. The minimum Gasteiger partial charge on any atom is -0.490 e. The monoisotopic (exact) mass is 853 g/mol. The molecule has 0 radical (unpaired) electrons. The zero-order chi connectivity index (χ0) is 44.2. The van der Waals surface area contributed by atoms with Gasteiger partial charge in [0.05, 0.1) is 23.9 Å². The Bertz CT molecular complexity index is 2340. The van der Waals surface area contributed by atoms with Crippen molar-refractivity contribution >= 4 is 52.1 Å². The number of imidazole rings is 1. The third-order valence-electron chi connectivity index (χ3n) is 10.5. The number of piperidine rings is 1. The van der Waals surface area contributed by atoms with Crippen LogP contribution < -0.4 is 31.7 Å². The average Bonchev–Trinajstić information content (AvgIpc) is 3.92. The first-order chi connectivity index (χ1) is 29.9. The molecule has 1 atom stereocenters. The number of ether oxygens (including phenoxy) is 1. The van der Waals surface area contributed by atoms with Gasteiger partial charge in [0.1, 0.15) is 28.4 Å². The van der Waals surface area contributed by atoms with E-state index in [0.29, 0.717) is 98.3 Å². The normalized spacial score (nSPS) is 15.1. The van der Waals surface area contributed by atoms with Gasteiger partial charge in [0.15, 0.2) is 23.1 Å². The van der Waals surface area contributed by atoms with Gasteiger partial charge < -0.3 is 36.1 Å². The largest absolute Gasteiger partial charge is 0.490 e. The number of carbonyl (C=O) groups excluding carboxylic acids is 5. The lowest BCUT2D eigenvalue weighted by Crippen LogP contribution is -2.54. The minimum absolute atomic E-state index is 0.0382. The highest BCUT2D eigenvalue weighted by Gasteiger charge is 2.45. The average molecular weight is 854 g/mol. The van der Waals surface area contributed by atoms with Crippen molar-refractivity contribution in [3.8, 4) is 29.1 Å². The van der Waals surface area contributed by atoms with E-state index < -0.39 is 35.3 Å². The van der Waals surface area contributed by atoms with Crippen LogP contribution in [0.25, 0.3) is 22.6 Å². The number of imide groups is 2. The summed E-state index contributed by atoms with van der Waals surface area (Å²) in [5.74, 6) is 4.74. The van der Waals surface area contributed by atoms with Crippen LogP contribution in [0.1, 0.15) is 118 Å². The summed E-state index contributed by atoms with van der Waals surface area (Å²) >= 11 is 0. The van der Waals surface area contributed by atoms with Gasteiger partial charge in [0.2, 0.25) is 17.7 Å². The van der Waals surface area contributed by atoms with Gasteiger partial charge in [-0.3, -0.25) is 34.2 Å². The molecule has 0 bridgehead atoms. The van der Waals surface area contributed by atoms with Gasteiger partial charge in [-0.25, -0.2) is 14.6 Å². The molecule has 5 heterocycles. The number of anilines is 2. The predicted molar refractivity (Wildman–Crippen MR) is 229 cm³/mol. The highest BCUT2D eigenvalue weighted by molar-refractivity contribution is 6.25. The van der Waals surface area contributed by atoms with Crippen LogP contribution >= 0.6 is 0 Å². The van der Waals surface area contributed by atoms with Gasteiger partial charge >= 0.3 is 0 Å². The number of nitrogens with zero attached hydrogens (tertiary/aromatic N) is 6. The van der Waals surface area contributed by atoms with E-state index in [1.54, 1.807) is 38.2 Å². The van der Waals surface area contributed by atoms with Crippen LogP contribution in [0.15, 0.2) is 29.0 Å². The third-order valence-corrected chi connectivity index (χ3v) is 10.5. The van der Waals surface area contributed by atoms with Gasteiger partial charge in [-0.15, -0.1) is 0 Å². The number of carbonyl (C=O) groups is 5. The lowest BCUT2D eigenvalue weighted by atomic mass is 10.0. The number of aliphatic hydroxyl groups is 1. The third kappa shape index (κ3) is 11.1. The summed E-state index contributed by atoms with van der Waals surface area (Å²) in [6, 6.07) is 4.06. The summed E-state index contributed by atoms with van der Waals surface area (Å²) in [5.41, 5.74) is 7.67. The van der Waals surface area contributed by atoms with Crippen LogP contribution in [-0.4, -0.2) is 109 Å². The summed E-state index contributed by atoms with van der Waals surface area (Å²) < 4.78 is 12.9. The highest BCUT2D eigenvalue weighted by atomic mass is 16.6. The lowest BCUT2D eigenvalue weighted by molar-refractivity contribution is -0.136. The van der Waals surface area contributed by atoms with Crippen LogP contribution in [0.3, 0.4) is 0 Å². The van der Waals surface area contributed by atoms with Crippen LogP contribution in [0.4, 0.5) is 11.5 Å². The van der Waals surface area contributed by atoms with Gasteiger partial charge in [0.25, 0.3) is 11.8 Å². The molecule has 1 fully saturated rings. The number of benzene rings is 1. The van der Waals surface area contributed by atoms with E-state index in [1.807, 2.05) is 11.5 Å². The molecular weight excluding hydrogens is 799 g/mol. The van der Waals surface area contributed by atoms with E-state index in [0.717, 1.165) is 43.4 Å². The van der Waals surface area contributed by atoms with Crippen molar-refractivity contribution < 1.29 is 38.4 Å². The number of hydrogen-bond acceptors (Lipinski definition) is 15. The number of fused-ring (bicyclic) bond motifs is 2. The molecular formula is C43H55N11O8. The van der Waals surface area contributed by atoms with E-state index >= 15 is 0 Å². The second-order valence-corrected chi connectivity index (χ2v) is 15.8. The molecule has 1 unspecified atom stereocenters. The zero-order valence-corrected chi connectivity index (χ0v) is 35.5. The van der Waals surface area contributed by atoms with Crippen LogP contribution in [0.5, 0.6) is 5.75 Å². The number of amides is 5. The van der Waals surface area contributed by atoms with Gasteiger partial charge in [-0.05, 0) is 94.3 Å². The van der Waals surface area contributed by atoms with E-state index in [-0.39, 0.29) is 35.7 Å². The van der Waals surface area contributed by atoms with Crippen molar-refractivity contribution in [3.05, 3.63) is 41.2 Å². The second kappa shape index (κ2) is 20.9. The molecule has 19 nitrogen and oxygen atoms in total. The van der Waals surface area contributed by atoms with Gasteiger partial charge in [-0.2, -0.15) is 0 Å². The quantitative estimate of drug-likeness (QED) is 0.0376. The second-order valence-electron chi connectivity index (χ2n) is 15.8. The van der Waals surface area contributed by atoms with Crippen molar-refractivity contribution in [2.24, 2.45) is 0 Å².